The zero-order chi connectivity index (χ0) is 9.56. The third-order valence-corrected chi connectivity index (χ3v) is 1.09. The summed E-state index contributed by atoms with van der Waals surface area (Å²) in [6.07, 6.45) is -4.70. The Morgan fingerprint density at radius 3 is 1.75 bits per heavy atom. The molecule has 0 amide bonds. The van der Waals surface area contributed by atoms with Gasteiger partial charge >= 0.3 is 6.16 Å². The lowest BCUT2D eigenvalue weighted by molar-refractivity contribution is -0.0749. The second-order valence-electron chi connectivity index (χ2n) is 2.12. The second kappa shape index (κ2) is 5.74. The summed E-state index contributed by atoms with van der Waals surface area (Å²) in [6, 6.07) is 0. The Kier molecular flexibility index (Phi) is 5.32. The molecule has 0 heterocycles. The van der Waals surface area contributed by atoms with Gasteiger partial charge in [-0.3, -0.25) is 0 Å². The van der Waals surface area contributed by atoms with Crippen LogP contribution in [0.2, 0.25) is 0 Å². The van der Waals surface area contributed by atoms with Gasteiger partial charge in [-0.2, -0.15) is 0 Å². The van der Waals surface area contributed by atoms with E-state index in [2.05, 4.69) is 9.47 Å². The van der Waals surface area contributed by atoms with Gasteiger partial charge in [0.2, 0.25) is 12.7 Å². The van der Waals surface area contributed by atoms with Crippen LogP contribution in [0.4, 0.5) is 13.6 Å². The molecule has 2 atom stereocenters. The Hall–Kier alpha value is -0.870. The number of carbonyl (C=O) groups excluding carboxylic acids is 1. The van der Waals surface area contributed by atoms with Gasteiger partial charge in [0.1, 0.15) is 0 Å². The second-order valence-corrected chi connectivity index (χ2v) is 2.12. The molecule has 12 heavy (non-hydrogen) atoms. The summed E-state index contributed by atoms with van der Waals surface area (Å²) in [5.41, 5.74) is 0. The lowest BCUT2D eigenvalue weighted by atomic mass is 10.5. The van der Waals surface area contributed by atoms with Crippen molar-refractivity contribution in [3.8, 4) is 0 Å². The van der Waals surface area contributed by atoms with Gasteiger partial charge in [-0.05, 0) is 0 Å². The molecule has 0 aliphatic heterocycles. The summed E-state index contributed by atoms with van der Waals surface area (Å²) in [7, 11) is 0. The first kappa shape index (κ1) is 11.1. The Bertz CT molecular complexity index is 127. The Labute approximate surface area is 69.6 Å². The summed E-state index contributed by atoms with van der Waals surface area (Å²) in [4.78, 5) is 10.5. The zero-order valence-electron chi connectivity index (χ0n) is 7.05. The molecule has 0 aliphatic carbocycles. The lowest BCUT2D eigenvalue weighted by Gasteiger charge is -2.09. The highest BCUT2D eigenvalue weighted by atomic mass is 19.2. The molecule has 0 bridgehead atoms. The third kappa shape index (κ3) is 4.87. The predicted octanol–water partition coefficient (Wildman–Crippen LogP) is 2.55. The van der Waals surface area contributed by atoms with E-state index in [0.717, 1.165) is 0 Å². The number of hydrogen-bond acceptors (Lipinski definition) is 3. The van der Waals surface area contributed by atoms with Crippen LogP contribution >= 0.6 is 0 Å². The minimum absolute atomic E-state index is 0.0260. The monoisotopic (exact) mass is 182 g/mol. The smallest absolute Gasteiger partial charge is 0.400 e. The number of ether oxygens (including phenoxy) is 2. The number of rotatable bonds is 4. The largest absolute Gasteiger partial charge is 0.513 e. The maximum atomic E-state index is 12.3. The summed E-state index contributed by atoms with van der Waals surface area (Å²) >= 11 is 0. The van der Waals surface area contributed by atoms with Crippen molar-refractivity contribution >= 4 is 6.16 Å². The normalized spacial score (nSPS) is 15.0. The number of hydrogen-bond donors (Lipinski definition) is 0. The van der Waals surface area contributed by atoms with E-state index in [0.29, 0.717) is 0 Å². The van der Waals surface area contributed by atoms with Gasteiger partial charge in [0.15, 0.2) is 0 Å². The van der Waals surface area contributed by atoms with Crippen LogP contribution in [-0.2, 0) is 9.47 Å². The van der Waals surface area contributed by atoms with Crippen LogP contribution in [0, 0.1) is 0 Å². The average molecular weight is 182 g/mol. The molecule has 0 rings (SSSR count). The molecule has 0 N–H and O–H groups in total. The molecule has 0 saturated carbocycles. The molecule has 0 aromatic heterocycles. The number of alkyl halides is 2. The Morgan fingerprint density at radius 1 is 1.17 bits per heavy atom. The van der Waals surface area contributed by atoms with E-state index in [-0.39, 0.29) is 12.8 Å². The highest BCUT2D eigenvalue weighted by molar-refractivity contribution is 5.60. The molecule has 3 nitrogen and oxygen atoms in total. The minimum atomic E-state index is -1.72. The van der Waals surface area contributed by atoms with Crippen LogP contribution < -0.4 is 0 Å². The van der Waals surface area contributed by atoms with Crippen molar-refractivity contribution in [3.63, 3.8) is 0 Å². The van der Waals surface area contributed by atoms with Gasteiger partial charge < -0.3 is 9.47 Å². The fraction of sp³-hybridized carbons (Fsp3) is 0.857. The molecule has 0 aromatic carbocycles. The lowest BCUT2D eigenvalue weighted by Crippen LogP contribution is -2.18. The molecule has 0 spiro atoms. The molecule has 5 heteroatoms. The van der Waals surface area contributed by atoms with Gasteiger partial charge in [0.25, 0.3) is 0 Å². The summed E-state index contributed by atoms with van der Waals surface area (Å²) in [5, 5.41) is 0. The van der Waals surface area contributed by atoms with E-state index in [4.69, 9.17) is 0 Å². The van der Waals surface area contributed by atoms with Gasteiger partial charge in [-0.25, -0.2) is 13.6 Å². The van der Waals surface area contributed by atoms with E-state index in [1.54, 1.807) is 0 Å². The molecular formula is C7H12F2O3. The fourth-order valence-electron chi connectivity index (χ4n) is 0.403. The van der Waals surface area contributed by atoms with Crippen LogP contribution in [0.3, 0.4) is 0 Å². The topological polar surface area (TPSA) is 35.5 Å². The highest BCUT2D eigenvalue weighted by Crippen LogP contribution is 2.05. The molecule has 0 aromatic rings. The van der Waals surface area contributed by atoms with E-state index < -0.39 is 18.9 Å². The molecule has 72 valence electrons. The Balaban J connectivity index is 3.59. The zero-order valence-corrected chi connectivity index (χ0v) is 7.05. The molecule has 2 unspecified atom stereocenters. The SMILES string of the molecule is CCC(F)OC(=O)OC(F)CC. The van der Waals surface area contributed by atoms with Crippen molar-refractivity contribution in [2.75, 3.05) is 0 Å². The van der Waals surface area contributed by atoms with Crippen molar-refractivity contribution < 1.29 is 23.0 Å². The molecular weight excluding hydrogens is 170 g/mol. The van der Waals surface area contributed by atoms with Crippen molar-refractivity contribution in [3.05, 3.63) is 0 Å². The van der Waals surface area contributed by atoms with Crippen LogP contribution in [0.15, 0.2) is 0 Å². The summed E-state index contributed by atoms with van der Waals surface area (Å²) in [6.45, 7) is 2.98. The van der Waals surface area contributed by atoms with E-state index in [1.165, 1.54) is 13.8 Å². The molecule has 0 fully saturated rings. The van der Waals surface area contributed by atoms with Crippen molar-refractivity contribution in [2.24, 2.45) is 0 Å². The number of carbonyl (C=O) groups is 1. The standard InChI is InChI=1S/C7H12F2O3/c1-3-5(8)11-7(10)12-6(9)4-2/h5-6H,3-4H2,1-2H3. The first-order chi connectivity index (χ1) is 5.60. The van der Waals surface area contributed by atoms with E-state index in [9.17, 15) is 13.6 Å². The Morgan fingerprint density at radius 2 is 1.50 bits per heavy atom. The number of halogens is 2. The fourth-order valence-corrected chi connectivity index (χ4v) is 0.403. The minimum Gasteiger partial charge on any atom is -0.400 e. The third-order valence-electron chi connectivity index (χ3n) is 1.09. The first-order valence-electron chi connectivity index (χ1n) is 3.75. The van der Waals surface area contributed by atoms with Crippen LogP contribution in [0.1, 0.15) is 26.7 Å². The van der Waals surface area contributed by atoms with Gasteiger partial charge in [0.05, 0.1) is 0 Å². The molecule has 0 radical (unpaired) electrons. The van der Waals surface area contributed by atoms with Gasteiger partial charge in [0, 0.05) is 12.8 Å². The van der Waals surface area contributed by atoms with Gasteiger partial charge in [-0.15, -0.1) is 0 Å². The maximum absolute atomic E-state index is 12.3. The molecule has 0 saturated heterocycles. The van der Waals surface area contributed by atoms with Gasteiger partial charge in [-0.1, -0.05) is 13.8 Å². The first-order valence-corrected chi connectivity index (χ1v) is 3.75. The van der Waals surface area contributed by atoms with E-state index >= 15 is 0 Å². The van der Waals surface area contributed by atoms with Crippen molar-refractivity contribution in [1.82, 2.24) is 0 Å². The highest BCUT2D eigenvalue weighted by Gasteiger charge is 2.15. The van der Waals surface area contributed by atoms with Crippen LogP contribution in [0.5, 0.6) is 0 Å². The summed E-state index contributed by atoms with van der Waals surface area (Å²) < 4.78 is 32.6. The van der Waals surface area contributed by atoms with Crippen molar-refractivity contribution in [2.45, 2.75) is 39.4 Å². The van der Waals surface area contributed by atoms with Crippen LogP contribution in [0.25, 0.3) is 0 Å². The average Bonchev–Trinajstić information content (AvgIpc) is 2.03. The molecule has 0 aliphatic rings. The van der Waals surface area contributed by atoms with Crippen molar-refractivity contribution in [1.29, 1.82) is 0 Å². The maximum Gasteiger partial charge on any atom is 0.513 e. The quantitative estimate of drug-likeness (QED) is 0.627. The predicted molar refractivity (Wildman–Crippen MR) is 37.9 cm³/mol. The van der Waals surface area contributed by atoms with Crippen LogP contribution in [-0.4, -0.2) is 18.9 Å². The van der Waals surface area contributed by atoms with E-state index in [1.807, 2.05) is 0 Å². The summed E-state index contributed by atoms with van der Waals surface area (Å²) in [5.74, 6) is 0.